The largest absolute Gasteiger partial charge is 0.385 e. The van der Waals surface area contributed by atoms with Crippen molar-refractivity contribution in [2.24, 2.45) is 0 Å². The van der Waals surface area contributed by atoms with Crippen LogP contribution in [0, 0.1) is 11.3 Å². The molecule has 0 saturated heterocycles. The SMILES string of the molecule is COCCCCCNc1cc(Br)ccc1C#N. The summed E-state index contributed by atoms with van der Waals surface area (Å²) in [5.41, 5.74) is 1.58. The Morgan fingerprint density at radius 2 is 2.18 bits per heavy atom. The number of unbranched alkanes of at least 4 members (excludes halogenated alkanes) is 2. The van der Waals surface area contributed by atoms with Crippen LogP contribution < -0.4 is 5.32 Å². The number of anilines is 1. The first-order chi connectivity index (χ1) is 8.27. The van der Waals surface area contributed by atoms with Gasteiger partial charge in [0.1, 0.15) is 6.07 Å². The Kier molecular flexibility index (Phi) is 6.68. The quantitative estimate of drug-likeness (QED) is 0.783. The molecule has 0 bridgehead atoms. The molecule has 0 aliphatic rings. The van der Waals surface area contributed by atoms with E-state index in [4.69, 9.17) is 10.00 Å². The van der Waals surface area contributed by atoms with E-state index in [0.29, 0.717) is 5.56 Å². The van der Waals surface area contributed by atoms with E-state index in [2.05, 4.69) is 27.3 Å². The number of hydrogen-bond donors (Lipinski definition) is 1. The van der Waals surface area contributed by atoms with Gasteiger partial charge in [0.25, 0.3) is 0 Å². The summed E-state index contributed by atoms with van der Waals surface area (Å²) in [6, 6.07) is 7.81. The Morgan fingerprint density at radius 3 is 2.88 bits per heavy atom. The monoisotopic (exact) mass is 296 g/mol. The van der Waals surface area contributed by atoms with E-state index in [1.807, 2.05) is 18.2 Å². The first-order valence-corrected chi connectivity index (χ1v) is 6.49. The molecule has 17 heavy (non-hydrogen) atoms. The molecule has 0 amide bonds. The summed E-state index contributed by atoms with van der Waals surface area (Å²) >= 11 is 3.40. The average Bonchev–Trinajstić information content (AvgIpc) is 2.34. The number of nitriles is 1. The molecule has 1 aromatic rings. The number of benzene rings is 1. The van der Waals surface area contributed by atoms with Gasteiger partial charge in [0.05, 0.1) is 11.3 Å². The maximum atomic E-state index is 8.96. The Hall–Kier alpha value is -1.05. The molecule has 0 unspecified atom stereocenters. The summed E-state index contributed by atoms with van der Waals surface area (Å²) in [6.45, 7) is 1.70. The maximum Gasteiger partial charge on any atom is 0.101 e. The Labute approximate surface area is 111 Å². The predicted octanol–water partition coefficient (Wildman–Crippen LogP) is 3.55. The van der Waals surface area contributed by atoms with Crippen LogP contribution in [0.1, 0.15) is 24.8 Å². The van der Waals surface area contributed by atoms with Gasteiger partial charge < -0.3 is 10.1 Å². The van der Waals surface area contributed by atoms with Crippen LogP contribution in [-0.2, 0) is 4.74 Å². The number of rotatable bonds is 7. The van der Waals surface area contributed by atoms with Crippen LogP contribution in [-0.4, -0.2) is 20.3 Å². The lowest BCUT2D eigenvalue weighted by Crippen LogP contribution is -2.03. The second-order valence-corrected chi connectivity index (χ2v) is 4.70. The highest BCUT2D eigenvalue weighted by Crippen LogP contribution is 2.20. The number of methoxy groups -OCH3 is 1. The molecule has 0 heterocycles. The summed E-state index contributed by atoms with van der Waals surface area (Å²) < 4.78 is 5.97. The standard InChI is InChI=1S/C13H17BrN2O/c1-17-8-4-2-3-7-16-13-9-12(14)6-5-11(13)10-15/h5-6,9,16H,2-4,7-8H2,1H3. The molecule has 0 saturated carbocycles. The van der Waals surface area contributed by atoms with Crippen molar-refractivity contribution in [3.8, 4) is 6.07 Å². The molecule has 4 heteroatoms. The van der Waals surface area contributed by atoms with Gasteiger partial charge >= 0.3 is 0 Å². The third-order valence-corrected chi connectivity index (χ3v) is 2.94. The zero-order chi connectivity index (χ0) is 12.5. The van der Waals surface area contributed by atoms with Crippen molar-refractivity contribution < 1.29 is 4.74 Å². The van der Waals surface area contributed by atoms with Crippen LogP contribution >= 0.6 is 15.9 Å². The number of halogens is 1. The molecule has 1 rings (SSSR count). The Balaban J connectivity index is 2.36. The smallest absolute Gasteiger partial charge is 0.101 e. The summed E-state index contributed by atoms with van der Waals surface area (Å²) in [5.74, 6) is 0. The van der Waals surface area contributed by atoms with Gasteiger partial charge in [0.15, 0.2) is 0 Å². The van der Waals surface area contributed by atoms with E-state index < -0.39 is 0 Å². The fourth-order valence-electron chi connectivity index (χ4n) is 1.53. The van der Waals surface area contributed by atoms with Gasteiger partial charge in [0, 0.05) is 24.7 Å². The minimum Gasteiger partial charge on any atom is -0.385 e. The van der Waals surface area contributed by atoms with Crippen LogP contribution in [0.4, 0.5) is 5.69 Å². The topological polar surface area (TPSA) is 45.0 Å². The summed E-state index contributed by atoms with van der Waals surface area (Å²) in [6.07, 6.45) is 3.30. The van der Waals surface area contributed by atoms with E-state index in [9.17, 15) is 0 Å². The summed E-state index contributed by atoms with van der Waals surface area (Å²) in [7, 11) is 1.72. The predicted molar refractivity (Wildman–Crippen MR) is 73.1 cm³/mol. The third kappa shape index (κ3) is 5.20. The number of ether oxygens (including phenoxy) is 1. The third-order valence-electron chi connectivity index (χ3n) is 2.44. The van der Waals surface area contributed by atoms with Crippen LogP contribution in [0.3, 0.4) is 0 Å². The lowest BCUT2D eigenvalue weighted by molar-refractivity contribution is 0.192. The fourth-order valence-corrected chi connectivity index (χ4v) is 1.89. The van der Waals surface area contributed by atoms with Gasteiger partial charge in [-0.3, -0.25) is 0 Å². The van der Waals surface area contributed by atoms with Crippen molar-refractivity contribution >= 4 is 21.6 Å². The van der Waals surface area contributed by atoms with Crippen LogP contribution in [0.15, 0.2) is 22.7 Å². The zero-order valence-electron chi connectivity index (χ0n) is 10.0. The van der Waals surface area contributed by atoms with E-state index >= 15 is 0 Å². The second kappa shape index (κ2) is 8.10. The van der Waals surface area contributed by atoms with Gasteiger partial charge in [-0.1, -0.05) is 15.9 Å². The highest BCUT2D eigenvalue weighted by molar-refractivity contribution is 9.10. The van der Waals surface area contributed by atoms with E-state index in [1.165, 1.54) is 0 Å². The molecule has 0 aromatic heterocycles. The van der Waals surface area contributed by atoms with Crippen molar-refractivity contribution in [3.05, 3.63) is 28.2 Å². The van der Waals surface area contributed by atoms with Crippen LogP contribution in [0.25, 0.3) is 0 Å². The molecule has 0 aliphatic carbocycles. The van der Waals surface area contributed by atoms with Gasteiger partial charge in [-0.2, -0.15) is 5.26 Å². The fraction of sp³-hybridized carbons (Fsp3) is 0.462. The van der Waals surface area contributed by atoms with E-state index in [1.54, 1.807) is 7.11 Å². The van der Waals surface area contributed by atoms with Gasteiger partial charge in [-0.15, -0.1) is 0 Å². The first kappa shape index (κ1) is 14.0. The van der Waals surface area contributed by atoms with E-state index in [0.717, 1.165) is 42.6 Å². The molecular formula is C13H17BrN2O. The number of hydrogen-bond acceptors (Lipinski definition) is 3. The zero-order valence-corrected chi connectivity index (χ0v) is 11.6. The molecule has 0 atom stereocenters. The molecule has 0 fully saturated rings. The minimum absolute atomic E-state index is 0.685. The molecule has 3 nitrogen and oxygen atoms in total. The molecule has 0 aliphatic heterocycles. The van der Waals surface area contributed by atoms with Crippen molar-refractivity contribution in [3.63, 3.8) is 0 Å². The highest BCUT2D eigenvalue weighted by atomic mass is 79.9. The Bertz CT molecular complexity index is 387. The Morgan fingerprint density at radius 1 is 1.35 bits per heavy atom. The van der Waals surface area contributed by atoms with Crippen LogP contribution in [0.2, 0.25) is 0 Å². The van der Waals surface area contributed by atoms with Crippen molar-refractivity contribution in [2.45, 2.75) is 19.3 Å². The average molecular weight is 297 g/mol. The molecule has 0 radical (unpaired) electrons. The van der Waals surface area contributed by atoms with Crippen molar-refractivity contribution in [1.82, 2.24) is 0 Å². The lowest BCUT2D eigenvalue weighted by Gasteiger charge is -2.08. The maximum absolute atomic E-state index is 8.96. The van der Waals surface area contributed by atoms with E-state index in [-0.39, 0.29) is 0 Å². The molecule has 1 N–H and O–H groups in total. The first-order valence-electron chi connectivity index (χ1n) is 5.70. The normalized spacial score (nSPS) is 9.94. The lowest BCUT2D eigenvalue weighted by atomic mass is 10.2. The van der Waals surface area contributed by atoms with Gasteiger partial charge in [-0.05, 0) is 37.5 Å². The minimum atomic E-state index is 0.685. The van der Waals surface area contributed by atoms with Crippen molar-refractivity contribution in [2.75, 3.05) is 25.6 Å². The van der Waals surface area contributed by atoms with Crippen molar-refractivity contribution in [1.29, 1.82) is 5.26 Å². The molecule has 92 valence electrons. The molecule has 0 spiro atoms. The van der Waals surface area contributed by atoms with Gasteiger partial charge in [0.2, 0.25) is 0 Å². The highest BCUT2D eigenvalue weighted by Gasteiger charge is 2.01. The molecule has 1 aromatic carbocycles. The van der Waals surface area contributed by atoms with Gasteiger partial charge in [-0.25, -0.2) is 0 Å². The number of nitrogens with one attached hydrogen (secondary N) is 1. The number of nitrogens with zero attached hydrogens (tertiary/aromatic N) is 1. The summed E-state index contributed by atoms with van der Waals surface area (Å²) in [5, 5.41) is 12.2. The second-order valence-electron chi connectivity index (χ2n) is 3.78. The molecular weight excluding hydrogens is 280 g/mol. The summed E-state index contributed by atoms with van der Waals surface area (Å²) in [4.78, 5) is 0. The van der Waals surface area contributed by atoms with Crippen LogP contribution in [0.5, 0.6) is 0 Å².